The van der Waals surface area contributed by atoms with E-state index < -0.39 is 29.6 Å². The van der Waals surface area contributed by atoms with Crippen molar-refractivity contribution in [2.45, 2.75) is 12.8 Å². The van der Waals surface area contributed by atoms with Crippen molar-refractivity contribution in [3.8, 4) is 0 Å². The molecule has 7 nitrogen and oxygen atoms in total. The first-order chi connectivity index (χ1) is 14.3. The fourth-order valence-electron chi connectivity index (χ4n) is 2.68. The smallest absolute Gasteiger partial charge is 0.314 e. The fraction of sp³-hybridized carbons (Fsp3) is 0.286. The van der Waals surface area contributed by atoms with Gasteiger partial charge in [0.05, 0.1) is 5.92 Å². The van der Waals surface area contributed by atoms with Crippen LogP contribution in [0.15, 0.2) is 48.5 Å². The molecule has 0 aliphatic carbocycles. The van der Waals surface area contributed by atoms with Crippen molar-refractivity contribution in [2.75, 3.05) is 19.6 Å². The van der Waals surface area contributed by atoms with Gasteiger partial charge in [-0.05, 0) is 48.7 Å². The predicted octanol–water partition coefficient (Wildman–Crippen LogP) is 1.73. The highest BCUT2D eigenvalue weighted by Gasteiger charge is 2.17. The third-order valence-electron chi connectivity index (χ3n) is 4.32. The largest absolute Gasteiger partial charge is 0.369 e. The van der Waals surface area contributed by atoms with Gasteiger partial charge < -0.3 is 21.7 Å². The fourth-order valence-corrected chi connectivity index (χ4v) is 2.68. The van der Waals surface area contributed by atoms with E-state index in [2.05, 4.69) is 16.0 Å². The lowest BCUT2D eigenvalue weighted by molar-refractivity contribution is -0.121. The number of hydrogen-bond donors (Lipinski definition) is 4. The van der Waals surface area contributed by atoms with Gasteiger partial charge in [0.25, 0.3) is 5.91 Å². The number of carbonyl (C=O) groups excluding carboxylic acids is 3. The Morgan fingerprint density at radius 3 is 2.27 bits per heavy atom. The summed E-state index contributed by atoms with van der Waals surface area (Å²) < 4.78 is 26.1. The van der Waals surface area contributed by atoms with Crippen molar-refractivity contribution in [1.82, 2.24) is 16.0 Å². The Morgan fingerprint density at radius 2 is 1.60 bits per heavy atom. The average molecular weight is 418 g/mol. The maximum absolute atomic E-state index is 13.1. The van der Waals surface area contributed by atoms with Crippen LogP contribution in [0.5, 0.6) is 0 Å². The van der Waals surface area contributed by atoms with Crippen LogP contribution in [0.2, 0.25) is 0 Å². The Morgan fingerprint density at radius 1 is 0.900 bits per heavy atom. The lowest BCUT2D eigenvalue weighted by Crippen LogP contribution is -2.42. The van der Waals surface area contributed by atoms with Gasteiger partial charge in [-0.15, -0.1) is 0 Å². The Bertz CT molecular complexity index is 875. The van der Waals surface area contributed by atoms with Crippen molar-refractivity contribution < 1.29 is 23.2 Å². The van der Waals surface area contributed by atoms with Crippen LogP contribution in [0.1, 0.15) is 22.3 Å². The third kappa shape index (κ3) is 7.86. The molecule has 5 N–H and O–H groups in total. The highest BCUT2D eigenvalue weighted by atomic mass is 19.1. The molecule has 0 aliphatic heterocycles. The molecule has 0 fully saturated rings. The number of nitrogens with two attached hydrogens (primary N) is 1. The van der Waals surface area contributed by atoms with Crippen LogP contribution in [0.25, 0.3) is 0 Å². The van der Waals surface area contributed by atoms with E-state index in [1.54, 1.807) is 12.1 Å². The molecule has 2 aromatic rings. The van der Waals surface area contributed by atoms with Gasteiger partial charge in [-0.2, -0.15) is 0 Å². The van der Waals surface area contributed by atoms with Crippen LogP contribution >= 0.6 is 0 Å². The highest BCUT2D eigenvalue weighted by molar-refractivity contribution is 5.94. The second-order valence-electron chi connectivity index (χ2n) is 6.69. The molecule has 0 aromatic heterocycles. The minimum Gasteiger partial charge on any atom is -0.369 e. The molecule has 0 saturated heterocycles. The lowest BCUT2D eigenvalue weighted by Gasteiger charge is -2.15. The van der Waals surface area contributed by atoms with Crippen molar-refractivity contribution in [1.29, 1.82) is 0 Å². The SMILES string of the molecule is NC(=O)C(CNC(=O)NCCCNC(=O)c1cccc(F)c1)Cc1ccc(F)cc1. The molecule has 0 heterocycles. The standard InChI is InChI=1S/C21H24F2N4O3/c22-17-7-5-14(6-8-17)11-16(19(24)28)13-27-21(30)26-10-2-9-25-20(29)15-3-1-4-18(23)12-15/h1,3-8,12,16H,2,9-11,13H2,(H2,24,28)(H,25,29)(H2,26,27,30). The summed E-state index contributed by atoms with van der Waals surface area (Å²) in [5.74, 6) is -2.47. The number of benzene rings is 2. The molecular formula is C21H24F2N4O3. The van der Waals surface area contributed by atoms with Crippen LogP contribution in [0.3, 0.4) is 0 Å². The lowest BCUT2D eigenvalue weighted by atomic mass is 9.98. The number of nitrogens with one attached hydrogen (secondary N) is 3. The molecule has 4 amide bonds. The minimum absolute atomic E-state index is 0.0366. The maximum Gasteiger partial charge on any atom is 0.314 e. The second-order valence-corrected chi connectivity index (χ2v) is 6.69. The molecule has 1 atom stereocenters. The van der Waals surface area contributed by atoms with Gasteiger partial charge in [0, 0.05) is 25.2 Å². The Balaban J connectivity index is 1.65. The molecule has 2 rings (SSSR count). The van der Waals surface area contributed by atoms with E-state index in [9.17, 15) is 23.2 Å². The highest BCUT2D eigenvalue weighted by Crippen LogP contribution is 2.09. The van der Waals surface area contributed by atoms with Gasteiger partial charge in [0.15, 0.2) is 0 Å². The molecule has 0 spiro atoms. The van der Waals surface area contributed by atoms with Crippen molar-refractivity contribution >= 4 is 17.8 Å². The van der Waals surface area contributed by atoms with Gasteiger partial charge in [-0.1, -0.05) is 18.2 Å². The van der Waals surface area contributed by atoms with Crippen LogP contribution in [0, 0.1) is 17.6 Å². The van der Waals surface area contributed by atoms with Gasteiger partial charge >= 0.3 is 6.03 Å². The summed E-state index contributed by atoms with van der Waals surface area (Å²) in [6.07, 6.45) is 0.741. The van der Waals surface area contributed by atoms with Gasteiger partial charge in [-0.25, -0.2) is 13.6 Å². The monoisotopic (exact) mass is 418 g/mol. The van der Waals surface area contributed by atoms with E-state index in [0.29, 0.717) is 13.0 Å². The zero-order valence-electron chi connectivity index (χ0n) is 16.3. The summed E-state index contributed by atoms with van der Waals surface area (Å²) in [6.45, 7) is 0.618. The summed E-state index contributed by atoms with van der Waals surface area (Å²) in [6, 6.07) is 10.6. The molecule has 0 saturated carbocycles. The van der Waals surface area contributed by atoms with E-state index >= 15 is 0 Å². The zero-order chi connectivity index (χ0) is 21.9. The van der Waals surface area contributed by atoms with Crippen LogP contribution < -0.4 is 21.7 Å². The average Bonchev–Trinajstić information content (AvgIpc) is 2.71. The van der Waals surface area contributed by atoms with E-state index in [-0.39, 0.29) is 30.9 Å². The Kier molecular flexibility index (Phi) is 8.74. The molecule has 0 aliphatic rings. The maximum atomic E-state index is 13.1. The molecular weight excluding hydrogens is 394 g/mol. The second kappa shape index (κ2) is 11.5. The normalized spacial score (nSPS) is 11.4. The number of halogens is 2. The zero-order valence-corrected chi connectivity index (χ0v) is 16.3. The van der Waals surface area contributed by atoms with E-state index in [4.69, 9.17) is 5.73 Å². The van der Waals surface area contributed by atoms with Gasteiger partial charge in [-0.3, -0.25) is 9.59 Å². The first-order valence-corrected chi connectivity index (χ1v) is 9.44. The van der Waals surface area contributed by atoms with Crippen LogP contribution in [0.4, 0.5) is 13.6 Å². The van der Waals surface area contributed by atoms with Crippen molar-refractivity contribution in [2.24, 2.45) is 11.7 Å². The molecule has 160 valence electrons. The first kappa shape index (κ1) is 22.8. The third-order valence-corrected chi connectivity index (χ3v) is 4.32. The molecule has 1 unspecified atom stereocenters. The van der Waals surface area contributed by atoms with Crippen LogP contribution in [-0.2, 0) is 11.2 Å². The van der Waals surface area contributed by atoms with E-state index in [0.717, 1.165) is 11.6 Å². The molecule has 9 heteroatoms. The first-order valence-electron chi connectivity index (χ1n) is 9.44. The Labute approximate surface area is 173 Å². The van der Waals surface area contributed by atoms with E-state index in [1.165, 1.54) is 30.3 Å². The number of primary amides is 1. The van der Waals surface area contributed by atoms with Crippen LogP contribution in [-0.4, -0.2) is 37.5 Å². The quantitative estimate of drug-likeness (QED) is 0.441. The van der Waals surface area contributed by atoms with Crippen molar-refractivity contribution in [3.63, 3.8) is 0 Å². The molecule has 2 aromatic carbocycles. The van der Waals surface area contributed by atoms with Gasteiger partial charge in [0.2, 0.25) is 5.91 Å². The summed E-state index contributed by atoms with van der Waals surface area (Å²) in [5, 5.41) is 7.81. The summed E-state index contributed by atoms with van der Waals surface area (Å²) in [4.78, 5) is 35.3. The minimum atomic E-state index is -0.633. The number of amides is 4. The molecule has 0 bridgehead atoms. The van der Waals surface area contributed by atoms with Crippen molar-refractivity contribution in [3.05, 3.63) is 71.3 Å². The topological polar surface area (TPSA) is 113 Å². The summed E-state index contributed by atoms with van der Waals surface area (Å²) in [5.41, 5.74) is 6.33. The molecule has 0 radical (unpaired) electrons. The van der Waals surface area contributed by atoms with Gasteiger partial charge in [0.1, 0.15) is 11.6 Å². The molecule has 30 heavy (non-hydrogen) atoms. The van der Waals surface area contributed by atoms with E-state index in [1.807, 2.05) is 0 Å². The number of urea groups is 1. The summed E-state index contributed by atoms with van der Waals surface area (Å²) >= 11 is 0. The Hall–Kier alpha value is -3.49. The number of carbonyl (C=O) groups is 3. The number of rotatable bonds is 10. The number of hydrogen-bond acceptors (Lipinski definition) is 3. The summed E-state index contributed by atoms with van der Waals surface area (Å²) in [7, 11) is 0. The predicted molar refractivity (Wildman–Crippen MR) is 108 cm³/mol.